The van der Waals surface area contributed by atoms with Crippen molar-refractivity contribution in [3.05, 3.63) is 114 Å². The van der Waals surface area contributed by atoms with Crippen LogP contribution in [0.5, 0.6) is 0 Å². The number of aromatic amines is 1. The van der Waals surface area contributed by atoms with Gasteiger partial charge in [0.15, 0.2) is 0 Å². The Morgan fingerprint density at radius 2 is 1.62 bits per heavy atom. The standard InChI is InChI=1S/C33H37N3O3/c1-33(2,3)39-32(38)35-28(22-26-14-8-5-9-15-26)24-36(31(37)19-18-25-12-6-4-7-13-25)21-20-27-23-34-30-17-11-10-16-29(27)30/h4-19,23,28,34H,20-22,24H2,1-3H3,(H,35,38)/b19-18+/t28-/m0/s1. The molecule has 0 aliphatic rings. The van der Waals surface area contributed by atoms with Crippen LogP contribution in [0.15, 0.2) is 97.2 Å². The van der Waals surface area contributed by atoms with Crippen molar-refractivity contribution in [3.8, 4) is 0 Å². The van der Waals surface area contributed by atoms with E-state index in [1.54, 1.807) is 6.08 Å². The SMILES string of the molecule is CC(C)(C)OC(=O)N[C@@H](Cc1ccccc1)CN(CCc1c[nH]c2ccccc12)C(=O)/C=C/c1ccccc1. The van der Waals surface area contributed by atoms with Crippen molar-refractivity contribution in [1.82, 2.24) is 15.2 Å². The molecule has 6 heteroatoms. The Labute approximate surface area is 230 Å². The maximum Gasteiger partial charge on any atom is 0.407 e. The van der Waals surface area contributed by atoms with Crippen LogP contribution in [0, 0.1) is 0 Å². The zero-order valence-electron chi connectivity index (χ0n) is 22.9. The fraction of sp³-hybridized carbons (Fsp3) is 0.273. The number of fused-ring (bicyclic) bond motifs is 1. The predicted molar refractivity (Wildman–Crippen MR) is 157 cm³/mol. The van der Waals surface area contributed by atoms with Crippen molar-refractivity contribution in [2.75, 3.05) is 13.1 Å². The number of nitrogens with zero attached hydrogens (tertiary/aromatic N) is 1. The third kappa shape index (κ3) is 8.60. The molecular weight excluding hydrogens is 486 g/mol. The number of H-pyrrole nitrogens is 1. The van der Waals surface area contributed by atoms with Gasteiger partial charge in [-0.25, -0.2) is 4.79 Å². The Morgan fingerprint density at radius 1 is 0.949 bits per heavy atom. The molecule has 0 bridgehead atoms. The van der Waals surface area contributed by atoms with Crippen LogP contribution in [0.2, 0.25) is 0 Å². The van der Waals surface area contributed by atoms with E-state index in [1.807, 2.05) is 117 Å². The third-order valence-corrected chi connectivity index (χ3v) is 6.34. The lowest BCUT2D eigenvalue weighted by molar-refractivity contribution is -0.126. The van der Waals surface area contributed by atoms with Gasteiger partial charge in [0.05, 0.1) is 6.04 Å². The van der Waals surface area contributed by atoms with Crippen molar-refractivity contribution in [2.45, 2.75) is 45.3 Å². The number of hydrogen-bond acceptors (Lipinski definition) is 3. The number of amides is 2. The van der Waals surface area contributed by atoms with Gasteiger partial charge in [0.25, 0.3) is 0 Å². The maximum atomic E-state index is 13.5. The van der Waals surface area contributed by atoms with Crippen LogP contribution in [-0.2, 0) is 22.4 Å². The summed E-state index contributed by atoms with van der Waals surface area (Å²) in [5, 5.41) is 4.17. The number of rotatable bonds is 10. The summed E-state index contributed by atoms with van der Waals surface area (Å²) in [6, 6.07) is 27.5. The largest absolute Gasteiger partial charge is 0.444 e. The number of nitrogens with one attached hydrogen (secondary N) is 2. The summed E-state index contributed by atoms with van der Waals surface area (Å²) in [7, 11) is 0. The van der Waals surface area contributed by atoms with Gasteiger partial charge in [0, 0.05) is 36.3 Å². The second kappa shape index (κ2) is 13.0. The number of alkyl carbamates (subject to hydrolysis) is 1. The maximum absolute atomic E-state index is 13.5. The van der Waals surface area contributed by atoms with E-state index in [1.165, 1.54) is 0 Å². The number of carbonyl (C=O) groups excluding carboxylic acids is 2. The summed E-state index contributed by atoms with van der Waals surface area (Å²) in [5.74, 6) is -0.109. The van der Waals surface area contributed by atoms with Crippen molar-refractivity contribution < 1.29 is 14.3 Å². The van der Waals surface area contributed by atoms with Gasteiger partial charge in [0.1, 0.15) is 5.60 Å². The molecule has 2 N–H and O–H groups in total. The summed E-state index contributed by atoms with van der Waals surface area (Å²) in [6.45, 7) is 6.36. The van der Waals surface area contributed by atoms with Crippen LogP contribution < -0.4 is 5.32 Å². The smallest absolute Gasteiger partial charge is 0.407 e. The molecule has 0 aliphatic heterocycles. The Kier molecular flexibility index (Phi) is 9.21. The van der Waals surface area contributed by atoms with E-state index in [0.29, 0.717) is 25.9 Å². The van der Waals surface area contributed by atoms with Gasteiger partial charge in [-0.1, -0.05) is 78.9 Å². The van der Waals surface area contributed by atoms with E-state index in [2.05, 4.69) is 16.4 Å². The van der Waals surface area contributed by atoms with Gasteiger partial charge in [-0.3, -0.25) is 4.79 Å². The molecule has 0 fully saturated rings. The number of benzene rings is 3. The quantitative estimate of drug-likeness (QED) is 0.237. The molecule has 1 heterocycles. The summed E-state index contributed by atoms with van der Waals surface area (Å²) in [6.07, 6.45) is 6.20. The van der Waals surface area contributed by atoms with Gasteiger partial charge in [0.2, 0.25) is 5.91 Å². The fourth-order valence-corrected chi connectivity index (χ4v) is 4.52. The van der Waals surface area contributed by atoms with Gasteiger partial charge in [-0.05, 0) is 62.4 Å². The molecule has 39 heavy (non-hydrogen) atoms. The summed E-state index contributed by atoms with van der Waals surface area (Å²) >= 11 is 0. The lowest BCUT2D eigenvalue weighted by atomic mass is 10.0. The van der Waals surface area contributed by atoms with E-state index < -0.39 is 11.7 Å². The molecule has 0 unspecified atom stereocenters. The highest BCUT2D eigenvalue weighted by Gasteiger charge is 2.23. The first kappa shape index (κ1) is 27.7. The second-order valence-electron chi connectivity index (χ2n) is 10.7. The number of carbonyl (C=O) groups is 2. The van der Waals surface area contributed by atoms with Crippen molar-refractivity contribution in [3.63, 3.8) is 0 Å². The molecule has 0 spiro atoms. The molecule has 1 aromatic heterocycles. The summed E-state index contributed by atoms with van der Waals surface area (Å²) < 4.78 is 5.55. The van der Waals surface area contributed by atoms with E-state index >= 15 is 0 Å². The highest BCUT2D eigenvalue weighted by atomic mass is 16.6. The minimum atomic E-state index is -0.620. The highest BCUT2D eigenvalue weighted by Crippen LogP contribution is 2.19. The molecular formula is C33H37N3O3. The molecule has 6 nitrogen and oxygen atoms in total. The normalized spacial score (nSPS) is 12.4. The molecule has 0 saturated heterocycles. The predicted octanol–water partition coefficient (Wildman–Crippen LogP) is 6.39. The molecule has 4 rings (SSSR count). The topological polar surface area (TPSA) is 74.4 Å². The lowest BCUT2D eigenvalue weighted by Gasteiger charge is -2.29. The summed E-state index contributed by atoms with van der Waals surface area (Å²) in [5.41, 5.74) is 3.63. The van der Waals surface area contributed by atoms with Crippen LogP contribution in [0.4, 0.5) is 4.79 Å². The van der Waals surface area contributed by atoms with E-state index in [0.717, 1.165) is 27.6 Å². The van der Waals surface area contributed by atoms with Crippen LogP contribution in [0.1, 0.15) is 37.5 Å². The molecule has 0 saturated carbocycles. The van der Waals surface area contributed by atoms with Crippen LogP contribution in [0.25, 0.3) is 17.0 Å². The van der Waals surface area contributed by atoms with Crippen LogP contribution in [0.3, 0.4) is 0 Å². The van der Waals surface area contributed by atoms with Gasteiger partial charge < -0.3 is 19.9 Å². The monoisotopic (exact) mass is 523 g/mol. The Morgan fingerprint density at radius 3 is 2.33 bits per heavy atom. The number of hydrogen-bond donors (Lipinski definition) is 2. The van der Waals surface area contributed by atoms with E-state index in [4.69, 9.17) is 4.74 Å². The zero-order chi connectivity index (χ0) is 27.7. The van der Waals surface area contributed by atoms with Gasteiger partial charge in [-0.15, -0.1) is 0 Å². The van der Waals surface area contributed by atoms with Crippen molar-refractivity contribution >= 4 is 29.0 Å². The van der Waals surface area contributed by atoms with Crippen molar-refractivity contribution in [1.29, 1.82) is 0 Å². The second-order valence-corrected chi connectivity index (χ2v) is 10.7. The average molecular weight is 524 g/mol. The zero-order valence-corrected chi connectivity index (χ0v) is 22.9. The lowest BCUT2D eigenvalue weighted by Crippen LogP contribution is -2.48. The Bertz CT molecular complexity index is 1390. The molecule has 0 radical (unpaired) electrons. The van der Waals surface area contributed by atoms with Crippen LogP contribution in [-0.4, -0.2) is 46.6 Å². The van der Waals surface area contributed by atoms with E-state index in [9.17, 15) is 9.59 Å². The van der Waals surface area contributed by atoms with Gasteiger partial charge in [-0.2, -0.15) is 0 Å². The highest BCUT2D eigenvalue weighted by molar-refractivity contribution is 5.92. The Hall–Kier alpha value is -4.32. The molecule has 0 aliphatic carbocycles. The number of aromatic nitrogens is 1. The first-order chi connectivity index (χ1) is 18.8. The minimum absolute atomic E-state index is 0.109. The molecule has 202 valence electrons. The molecule has 4 aromatic rings. The average Bonchev–Trinajstić information content (AvgIpc) is 3.32. The first-order valence-corrected chi connectivity index (χ1v) is 13.4. The Balaban J connectivity index is 1.56. The van der Waals surface area contributed by atoms with Crippen molar-refractivity contribution in [2.24, 2.45) is 0 Å². The number of ether oxygens (including phenoxy) is 1. The summed E-state index contributed by atoms with van der Waals surface area (Å²) in [4.78, 5) is 31.4. The first-order valence-electron chi connectivity index (χ1n) is 13.4. The fourth-order valence-electron chi connectivity index (χ4n) is 4.52. The minimum Gasteiger partial charge on any atom is -0.444 e. The van der Waals surface area contributed by atoms with Crippen LogP contribution >= 0.6 is 0 Å². The van der Waals surface area contributed by atoms with E-state index in [-0.39, 0.29) is 11.9 Å². The molecule has 3 aromatic carbocycles. The third-order valence-electron chi connectivity index (χ3n) is 6.34. The van der Waals surface area contributed by atoms with Gasteiger partial charge >= 0.3 is 6.09 Å². The molecule has 1 atom stereocenters. The number of para-hydroxylation sites is 1. The molecule has 2 amide bonds.